The summed E-state index contributed by atoms with van der Waals surface area (Å²) in [5, 5.41) is 120. The maximum Gasteiger partial charge on any atom is 0.220 e. The van der Waals surface area contributed by atoms with E-state index in [9.17, 15) is 61.0 Å². The van der Waals surface area contributed by atoms with Gasteiger partial charge in [0, 0.05) is 6.42 Å². The number of allylic oxidation sites excluding steroid dienone is 5. The summed E-state index contributed by atoms with van der Waals surface area (Å²) in [6.45, 7) is 1.67. The maximum atomic E-state index is 13.3. The Balaban J connectivity index is 1.45. The molecule has 19 heteroatoms. The average Bonchev–Trinajstić information content (AvgIpc) is 3.39. The smallest absolute Gasteiger partial charge is 0.220 e. The van der Waals surface area contributed by atoms with E-state index in [4.69, 9.17) is 28.4 Å². The molecule has 3 aliphatic rings. The first kappa shape index (κ1) is 74.3. The van der Waals surface area contributed by atoms with Gasteiger partial charge < -0.3 is 89.9 Å². The number of hydrogen-bond donors (Lipinski definition) is 12. The summed E-state index contributed by atoms with van der Waals surface area (Å²) in [5.74, 6) is -0.288. The molecule has 3 heterocycles. The molecule has 3 fully saturated rings. The Labute approximate surface area is 491 Å². The number of unbranched alkanes of at least 4 members (excludes halogenated alkanes) is 28. The first-order valence-electron chi connectivity index (χ1n) is 32.2. The Kier molecular flexibility index (Phi) is 41.8. The van der Waals surface area contributed by atoms with Crippen molar-refractivity contribution in [2.45, 2.75) is 330 Å². The third-order valence-electron chi connectivity index (χ3n) is 16.2. The van der Waals surface area contributed by atoms with E-state index in [1.165, 1.54) is 148 Å². The number of rotatable bonds is 48. The Morgan fingerprint density at radius 1 is 0.427 bits per heavy atom. The molecule has 480 valence electrons. The van der Waals surface area contributed by atoms with Gasteiger partial charge in [0.15, 0.2) is 18.9 Å². The second-order valence-electron chi connectivity index (χ2n) is 23.2. The van der Waals surface area contributed by atoms with Crippen molar-refractivity contribution in [1.82, 2.24) is 5.32 Å². The van der Waals surface area contributed by atoms with E-state index < -0.39 is 124 Å². The fourth-order valence-corrected chi connectivity index (χ4v) is 10.9. The molecule has 17 unspecified atom stereocenters. The standard InChI is InChI=1S/C63H115NO18/c1-3-5-7-9-11-13-15-17-18-19-20-21-22-23-24-25-26-27-29-31-33-35-37-39-41-51(69)64-46(47(68)40-38-36-34-32-30-28-16-14-12-10-8-6-4-2)45-77-61-57(75)54(72)59(49(43-66)79-61)82-63-58(76)55(73)60(50(44-67)80-63)81-62-56(74)53(71)52(70)48(42-65)78-62/h12,14,30,32,38,40,46-50,52-63,65-68,70-76H,3-11,13,15-29,31,33-37,39,41-45H2,1-2H3,(H,64,69)/b14-12+,32-30+,40-38+. The van der Waals surface area contributed by atoms with Crippen LogP contribution in [0.1, 0.15) is 226 Å². The number of hydrogen-bond acceptors (Lipinski definition) is 18. The van der Waals surface area contributed by atoms with Crippen molar-refractivity contribution in [1.29, 1.82) is 0 Å². The SMILES string of the molecule is CCCCC/C=C/CC/C=C/CC/C=C/C(O)C(COC1OC(CO)C(OC2OC(CO)C(OC3OC(CO)C(O)C(O)C3O)C(O)C2O)C(O)C1O)NC(=O)CCCCCCCCCCCCCCCCCCCCCCCCCC. The number of aliphatic hydroxyl groups is 11. The number of nitrogens with one attached hydrogen (secondary N) is 1. The zero-order chi connectivity index (χ0) is 59.7. The molecule has 0 bridgehead atoms. The maximum absolute atomic E-state index is 13.3. The molecule has 0 aliphatic carbocycles. The fraction of sp³-hybridized carbons (Fsp3) is 0.889. The zero-order valence-electron chi connectivity index (χ0n) is 50.2. The van der Waals surface area contributed by atoms with Gasteiger partial charge >= 0.3 is 0 Å². The van der Waals surface area contributed by atoms with Gasteiger partial charge in [-0.2, -0.15) is 0 Å². The largest absolute Gasteiger partial charge is 0.394 e. The summed E-state index contributed by atoms with van der Waals surface area (Å²) in [7, 11) is 0. The predicted molar refractivity (Wildman–Crippen MR) is 314 cm³/mol. The third kappa shape index (κ3) is 29.1. The Hall–Kier alpha value is -1.99. The lowest BCUT2D eigenvalue weighted by Crippen LogP contribution is -2.66. The Morgan fingerprint density at radius 2 is 0.780 bits per heavy atom. The van der Waals surface area contributed by atoms with Gasteiger partial charge in [0.1, 0.15) is 73.2 Å². The van der Waals surface area contributed by atoms with Gasteiger partial charge in [-0.3, -0.25) is 4.79 Å². The lowest BCUT2D eigenvalue weighted by Gasteiger charge is -2.48. The van der Waals surface area contributed by atoms with Gasteiger partial charge in [-0.05, 0) is 44.9 Å². The highest BCUT2D eigenvalue weighted by molar-refractivity contribution is 5.76. The van der Waals surface area contributed by atoms with Crippen LogP contribution in [-0.2, 0) is 33.2 Å². The van der Waals surface area contributed by atoms with Gasteiger partial charge in [-0.15, -0.1) is 0 Å². The van der Waals surface area contributed by atoms with Gasteiger partial charge in [0.05, 0.1) is 38.6 Å². The third-order valence-corrected chi connectivity index (χ3v) is 16.2. The molecular formula is C63H115NO18. The van der Waals surface area contributed by atoms with Crippen molar-refractivity contribution in [3.8, 4) is 0 Å². The van der Waals surface area contributed by atoms with Crippen LogP contribution >= 0.6 is 0 Å². The van der Waals surface area contributed by atoms with Gasteiger partial charge in [-0.1, -0.05) is 211 Å². The fourth-order valence-electron chi connectivity index (χ4n) is 10.9. The number of carbonyl (C=O) groups is 1. The summed E-state index contributed by atoms with van der Waals surface area (Å²) >= 11 is 0. The molecule has 0 radical (unpaired) electrons. The molecular weight excluding hydrogens is 1060 g/mol. The highest BCUT2D eigenvalue weighted by Crippen LogP contribution is 2.33. The van der Waals surface area contributed by atoms with Crippen LogP contribution in [0.3, 0.4) is 0 Å². The van der Waals surface area contributed by atoms with E-state index >= 15 is 0 Å². The molecule has 0 aromatic carbocycles. The first-order chi connectivity index (χ1) is 39.8. The van der Waals surface area contributed by atoms with E-state index in [1.807, 2.05) is 6.08 Å². The highest BCUT2D eigenvalue weighted by atomic mass is 16.8. The van der Waals surface area contributed by atoms with Crippen molar-refractivity contribution in [2.75, 3.05) is 26.4 Å². The van der Waals surface area contributed by atoms with E-state index in [-0.39, 0.29) is 18.9 Å². The molecule has 3 saturated heterocycles. The van der Waals surface area contributed by atoms with Crippen molar-refractivity contribution >= 4 is 5.91 Å². The van der Waals surface area contributed by atoms with E-state index in [0.717, 1.165) is 44.9 Å². The van der Waals surface area contributed by atoms with E-state index in [1.54, 1.807) is 6.08 Å². The highest BCUT2D eigenvalue weighted by Gasteiger charge is 2.53. The molecule has 0 aromatic rings. The average molecular weight is 1170 g/mol. The number of ether oxygens (including phenoxy) is 6. The Morgan fingerprint density at radius 3 is 1.22 bits per heavy atom. The first-order valence-corrected chi connectivity index (χ1v) is 32.2. The molecule has 0 saturated carbocycles. The van der Waals surface area contributed by atoms with E-state index in [0.29, 0.717) is 12.8 Å². The summed E-state index contributed by atoms with van der Waals surface area (Å²) < 4.78 is 34.2. The van der Waals surface area contributed by atoms with Gasteiger partial charge in [-0.25, -0.2) is 0 Å². The van der Waals surface area contributed by atoms with Crippen LogP contribution in [0.15, 0.2) is 36.5 Å². The van der Waals surface area contributed by atoms with Crippen molar-refractivity contribution in [3.05, 3.63) is 36.5 Å². The van der Waals surface area contributed by atoms with Crippen LogP contribution in [0.25, 0.3) is 0 Å². The predicted octanol–water partition coefficient (Wildman–Crippen LogP) is 6.88. The summed E-state index contributed by atoms with van der Waals surface area (Å²) in [4.78, 5) is 13.3. The number of carbonyl (C=O) groups excluding carboxylic acids is 1. The minimum Gasteiger partial charge on any atom is -0.394 e. The van der Waals surface area contributed by atoms with Crippen molar-refractivity contribution in [2.24, 2.45) is 0 Å². The minimum absolute atomic E-state index is 0.235. The van der Waals surface area contributed by atoms with Crippen LogP contribution in [0.2, 0.25) is 0 Å². The quantitative estimate of drug-likeness (QED) is 0.0218. The minimum atomic E-state index is -1.98. The molecule has 3 aliphatic heterocycles. The second kappa shape index (κ2) is 46.2. The summed E-state index contributed by atoms with van der Waals surface area (Å²) in [6, 6.07) is -0.992. The molecule has 0 aromatic heterocycles. The van der Waals surface area contributed by atoms with Crippen LogP contribution < -0.4 is 5.32 Å². The lowest BCUT2D eigenvalue weighted by molar-refractivity contribution is -0.379. The summed E-state index contributed by atoms with van der Waals surface area (Å²) in [6.07, 6.45) is 24.3. The zero-order valence-corrected chi connectivity index (χ0v) is 50.2. The van der Waals surface area contributed by atoms with Crippen LogP contribution in [0, 0.1) is 0 Å². The molecule has 19 nitrogen and oxygen atoms in total. The lowest BCUT2D eigenvalue weighted by atomic mass is 9.96. The molecule has 3 rings (SSSR count). The molecule has 17 atom stereocenters. The molecule has 1 amide bonds. The second-order valence-corrected chi connectivity index (χ2v) is 23.2. The Bertz CT molecular complexity index is 1640. The monoisotopic (exact) mass is 1170 g/mol. The summed E-state index contributed by atoms with van der Waals surface area (Å²) in [5.41, 5.74) is 0. The van der Waals surface area contributed by atoms with Gasteiger partial charge in [0.25, 0.3) is 0 Å². The topological polar surface area (TPSA) is 307 Å². The molecule has 0 spiro atoms. The van der Waals surface area contributed by atoms with Crippen LogP contribution in [0.4, 0.5) is 0 Å². The van der Waals surface area contributed by atoms with E-state index in [2.05, 4.69) is 43.5 Å². The molecule has 82 heavy (non-hydrogen) atoms. The molecule has 12 N–H and O–H groups in total. The van der Waals surface area contributed by atoms with Gasteiger partial charge in [0.2, 0.25) is 5.91 Å². The van der Waals surface area contributed by atoms with Crippen molar-refractivity contribution < 1.29 is 89.4 Å². The normalized spacial score (nSPS) is 29.8. The number of amides is 1. The van der Waals surface area contributed by atoms with Crippen molar-refractivity contribution in [3.63, 3.8) is 0 Å². The van der Waals surface area contributed by atoms with Crippen LogP contribution in [0.5, 0.6) is 0 Å². The number of aliphatic hydroxyl groups excluding tert-OH is 11. The van der Waals surface area contributed by atoms with Crippen LogP contribution in [-0.4, -0.2) is 193 Å².